The molecule has 1 amide bonds. The van der Waals surface area contributed by atoms with E-state index in [9.17, 15) is 13.2 Å². The lowest BCUT2D eigenvalue weighted by atomic mass is 10.1. The fraction of sp³-hybridized carbons (Fsp3) is 0.227. The Morgan fingerprint density at radius 2 is 1.79 bits per heavy atom. The van der Waals surface area contributed by atoms with Crippen LogP contribution in [0.2, 0.25) is 0 Å². The quantitative estimate of drug-likeness (QED) is 0.729. The van der Waals surface area contributed by atoms with E-state index < -0.39 is 16.1 Å². The zero-order chi connectivity index (χ0) is 19.7. The van der Waals surface area contributed by atoms with E-state index >= 15 is 0 Å². The van der Waals surface area contributed by atoms with Crippen LogP contribution in [0.1, 0.15) is 18.4 Å². The fourth-order valence-corrected chi connectivity index (χ4v) is 5.39. The first kappa shape index (κ1) is 18.7. The molecule has 1 aliphatic heterocycles. The molecule has 1 N–H and O–H groups in total. The zero-order valence-corrected chi connectivity index (χ0v) is 16.4. The average molecular weight is 394 g/mol. The Morgan fingerprint density at radius 3 is 2.57 bits per heavy atom. The predicted molar refractivity (Wildman–Crippen MR) is 111 cm³/mol. The van der Waals surface area contributed by atoms with Gasteiger partial charge in [0.15, 0.2) is 0 Å². The van der Waals surface area contributed by atoms with Crippen LogP contribution in [0.3, 0.4) is 0 Å². The molecular weight excluding hydrogens is 372 g/mol. The number of sulfonamides is 1. The van der Waals surface area contributed by atoms with Crippen LogP contribution in [0, 0.1) is 6.92 Å². The first-order chi connectivity index (χ1) is 13.4. The number of nitrogens with zero attached hydrogens (tertiary/aromatic N) is 1. The molecule has 3 aromatic carbocycles. The molecule has 0 saturated carbocycles. The Bertz CT molecular complexity index is 1140. The second-order valence-electron chi connectivity index (χ2n) is 7.14. The molecule has 0 unspecified atom stereocenters. The topological polar surface area (TPSA) is 66.5 Å². The van der Waals surface area contributed by atoms with Gasteiger partial charge in [0, 0.05) is 12.2 Å². The van der Waals surface area contributed by atoms with Crippen LogP contribution >= 0.6 is 0 Å². The highest BCUT2D eigenvalue weighted by molar-refractivity contribution is 7.89. The van der Waals surface area contributed by atoms with E-state index in [4.69, 9.17) is 0 Å². The number of nitrogens with one attached hydrogen (secondary N) is 1. The molecule has 28 heavy (non-hydrogen) atoms. The van der Waals surface area contributed by atoms with Gasteiger partial charge in [0.1, 0.15) is 6.04 Å². The summed E-state index contributed by atoms with van der Waals surface area (Å²) in [5.74, 6) is -0.285. The molecule has 0 radical (unpaired) electrons. The van der Waals surface area contributed by atoms with Crippen molar-refractivity contribution in [2.45, 2.75) is 30.7 Å². The summed E-state index contributed by atoms with van der Waals surface area (Å²) in [7, 11) is -3.75. The van der Waals surface area contributed by atoms with Gasteiger partial charge in [0.05, 0.1) is 4.90 Å². The lowest BCUT2D eigenvalue weighted by Crippen LogP contribution is -2.43. The number of hydrogen-bond acceptors (Lipinski definition) is 3. The highest BCUT2D eigenvalue weighted by atomic mass is 32.2. The third-order valence-electron chi connectivity index (χ3n) is 5.12. The second-order valence-corrected chi connectivity index (χ2v) is 9.03. The summed E-state index contributed by atoms with van der Waals surface area (Å²) in [5.41, 5.74) is 1.71. The summed E-state index contributed by atoms with van der Waals surface area (Å²) in [6.07, 6.45) is 1.18. The minimum atomic E-state index is -3.75. The van der Waals surface area contributed by atoms with Crippen LogP contribution in [0.4, 0.5) is 5.69 Å². The van der Waals surface area contributed by atoms with Crippen molar-refractivity contribution in [1.29, 1.82) is 0 Å². The van der Waals surface area contributed by atoms with Crippen LogP contribution in [0.25, 0.3) is 10.8 Å². The predicted octanol–water partition coefficient (Wildman–Crippen LogP) is 3.94. The summed E-state index contributed by atoms with van der Waals surface area (Å²) in [6, 6.07) is 19.5. The average Bonchev–Trinajstić information content (AvgIpc) is 3.18. The van der Waals surface area contributed by atoms with Crippen molar-refractivity contribution >= 4 is 32.4 Å². The molecule has 1 atom stereocenters. The Labute approximate surface area is 165 Å². The minimum Gasteiger partial charge on any atom is -0.325 e. The van der Waals surface area contributed by atoms with Gasteiger partial charge in [0.25, 0.3) is 0 Å². The third-order valence-corrected chi connectivity index (χ3v) is 7.02. The van der Waals surface area contributed by atoms with Crippen molar-refractivity contribution in [2.24, 2.45) is 0 Å². The van der Waals surface area contributed by atoms with Crippen LogP contribution in [-0.4, -0.2) is 31.2 Å². The Morgan fingerprint density at radius 1 is 1.00 bits per heavy atom. The van der Waals surface area contributed by atoms with Gasteiger partial charge < -0.3 is 5.32 Å². The van der Waals surface area contributed by atoms with Gasteiger partial charge in [-0.3, -0.25) is 4.79 Å². The highest BCUT2D eigenvalue weighted by Gasteiger charge is 2.39. The van der Waals surface area contributed by atoms with Crippen molar-refractivity contribution in [3.05, 3.63) is 72.3 Å². The summed E-state index contributed by atoms with van der Waals surface area (Å²) in [5, 5.41) is 4.71. The molecule has 3 aromatic rings. The van der Waals surface area contributed by atoms with Gasteiger partial charge >= 0.3 is 0 Å². The van der Waals surface area contributed by atoms with Gasteiger partial charge in [0.2, 0.25) is 15.9 Å². The molecule has 1 fully saturated rings. The van der Waals surface area contributed by atoms with Crippen molar-refractivity contribution in [3.63, 3.8) is 0 Å². The highest BCUT2D eigenvalue weighted by Crippen LogP contribution is 2.29. The van der Waals surface area contributed by atoms with Crippen molar-refractivity contribution in [3.8, 4) is 0 Å². The Balaban J connectivity index is 1.61. The first-order valence-electron chi connectivity index (χ1n) is 9.33. The van der Waals surface area contributed by atoms with Gasteiger partial charge in [-0.25, -0.2) is 8.42 Å². The minimum absolute atomic E-state index is 0.224. The van der Waals surface area contributed by atoms with E-state index in [1.54, 1.807) is 18.2 Å². The van der Waals surface area contributed by atoms with Crippen molar-refractivity contribution in [2.75, 3.05) is 11.9 Å². The number of amides is 1. The van der Waals surface area contributed by atoms with E-state index in [0.29, 0.717) is 25.1 Å². The summed E-state index contributed by atoms with van der Waals surface area (Å²) < 4.78 is 27.8. The van der Waals surface area contributed by atoms with E-state index in [1.807, 2.05) is 55.5 Å². The molecule has 1 aliphatic rings. The van der Waals surface area contributed by atoms with E-state index in [0.717, 1.165) is 16.3 Å². The van der Waals surface area contributed by atoms with Crippen LogP contribution in [0.15, 0.2) is 71.6 Å². The number of aryl methyl sites for hydroxylation is 1. The van der Waals surface area contributed by atoms with Crippen LogP contribution < -0.4 is 5.32 Å². The van der Waals surface area contributed by atoms with Crippen molar-refractivity contribution in [1.82, 2.24) is 4.31 Å². The molecule has 0 aromatic heterocycles. The van der Waals surface area contributed by atoms with E-state index in [-0.39, 0.29) is 10.8 Å². The van der Waals surface area contributed by atoms with Gasteiger partial charge in [-0.15, -0.1) is 0 Å². The van der Waals surface area contributed by atoms with Crippen LogP contribution in [-0.2, 0) is 14.8 Å². The summed E-state index contributed by atoms with van der Waals surface area (Å²) in [4.78, 5) is 13.0. The number of fused-ring (bicyclic) bond motifs is 1. The summed E-state index contributed by atoms with van der Waals surface area (Å²) >= 11 is 0. The molecule has 4 rings (SSSR count). The monoisotopic (exact) mass is 394 g/mol. The van der Waals surface area contributed by atoms with Gasteiger partial charge in [-0.1, -0.05) is 42.5 Å². The maximum Gasteiger partial charge on any atom is 0.243 e. The summed E-state index contributed by atoms with van der Waals surface area (Å²) in [6.45, 7) is 2.29. The number of anilines is 1. The maximum atomic E-state index is 13.2. The SMILES string of the molecule is Cc1cccc(NC(=O)[C@H]2CCCN2S(=O)(=O)c2ccc3ccccc3c2)c1. The smallest absolute Gasteiger partial charge is 0.243 e. The standard InChI is InChI=1S/C22H22N2O3S/c1-16-6-4-9-19(14-16)23-22(25)21-10-5-13-24(21)28(26,27)20-12-11-17-7-2-3-8-18(17)15-20/h2-4,6-9,11-12,14-15,21H,5,10,13H2,1H3,(H,23,25)/t21-/m1/s1. The lowest BCUT2D eigenvalue weighted by molar-refractivity contribution is -0.119. The van der Waals surface area contributed by atoms with Crippen LogP contribution in [0.5, 0.6) is 0 Å². The fourth-order valence-electron chi connectivity index (χ4n) is 3.70. The molecule has 0 bridgehead atoms. The number of rotatable bonds is 4. The zero-order valence-electron chi connectivity index (χ0n) is 15.6. The molecule has 6 heteroatoms. The Hall–Kier alpha value is -2.70. The second kappa shape index (κ2) is 7.37. The number of hydrogen-bond donors (Lipinski definition) is 1. The third kappa shape index (κ3) is 3.53. The van der Waals surface area contributed by atoms with Crippen molar-refractivity contribution < 1.29 is 13.2 Å². The Kier molecular flexibility index (Phi) is 4.91. The van der Waals surface area contributed by atoms with Gasteiger partial charge in [-0.2, -0.15) is 4.31 Å². The molecule has 0 spiro atoms. The normalized spacial score (nSPS) is 17.7. The first-order valence-corrected chi connectivity index (χ1v) is 10.8. The molecule has 1 saturated heterocycles. The number of carbonyl (C=O) groups is 1. The number of benzene rings is 3. The lowest BCUT2D eigenvalue weighted by Gasteiger charge is -2.23. The number of carbonyl (C=O) groups excluding carboxylic acids is 1. The van der Waals surface area contributed by atoms with Gasteiger partial charge in [-0.05, 0) is 60.4 Å². The molecular formula is C22H22N2O3S. The largest absolute Gasteiger partial charge is 0.325 e. The maximum absolute atomic E-state index is 13.2. The van der Waals surface area contributed by atoms with E-state index in [1.165, 1.54) is 4.31 Å². The molecule has 0 aliphatic carbocycles. The molecule has 144 valence electrons. The molecule has 1 heterocycles. The molecule has 5 nitrogen and oxygen atoms in total. The van der Waals surface area contributed by atoms with E-state index in [2.05, 4.69) is 5.32 Å².